The molecule has 0 aliphatic carbocycles. The molecule has 0 atom stereocenters. The monoisotopic (exact) mass is 283 g/mol. The first-order chi connectivity index (χ1) is 8.97. The van der Waals surface area contributed by atoms with Crippen LogP contribution >= 0.6 is 0 Å². The van der Waals surface area contributed by atoms with Gasteiger partial charge in [-0.15, -0.1) is 0 Å². The van der Waals surface area contributed by atoms with Crippen LogP contribution in [0.25, 0.3) is 4.85 Å². The molecule has 0 amide bonds. The van der Waals surface area contributed by atoms with Crippen LogP contribution in [0.1, 0.15) is 20.8 Å². The van der Waals surface area contributed by atoms with Gasteiger partial charge in [-0.05, 0) is 20.8 Å². The van der Waals surface area contributed by atoms with Crippen LogP contribution < -0.4 is 0 Å². The lowest BCUT2D eigenvalue weighted by Gasteiger charge is -2.30. The molecular weight excluding hydrogens is 260 g/mol. The lowest BCUT2D eigenvalue weighted by Crippen LogP contribution is -2.47. The Morgan fingerprint density at radius 2 is 1.85 bits per heavy atom. The number of esters is 2. The lowest BCUT2D eigenvalue weighted by atomic mass is 10.2. The SMILES string of the molecule is [C-]#[N+]C(=C)C(=O)OCC[N+](C)(C)CC(=O)OC(C)(C)C. The van der Waals surface area contributed by atoms with Gasteiger partial charge in [0.05, 0.1) is 20.7 Å². The van der Waals surface area contributed by atoms with E-state index in [2.05, 4.69) is 11.4 Å². The van der Waals surface area contributed by atoms with Crippen LogP contribution in [0.5, 0.6) is 0 Å². The Kier molecular flexibility index (Phi) is 6.40. The minimum atomic E-state index is -0.725. The van der Waals surface area contributed by atoms with Crippen molar-refractivity contribution in [2.45, 2.75) is 26.4 Å². The van der Waals surface area contributed by atoms with Crippen LogP contribution in [0.15, 0.2) is 12.3 Å². The first-order valence-corrected chi connectivity index (χ1v) is 6.24. The van der Waals surface area contributed by atoms with E-state index in [1.807, 2.05) is 34.9 Å². The van der Waals surface area contributed by atoms with Crippen LogP contribution in [0.3, 0.4) is 0 Å². The molecule has 6 heteroatoms. The predicted octanol–water partition coefficient (Wildman–Crippen LogP) is 1.38. The maximum absolute atomic E-state index is 11.7. The molecule has 0 aromatic rings. The molecule has 0 radical (unpaired) electrons. The summed E-state index contributed by atoms with van der Waals surface area (Å²) in [5.41, 5.74) is -0.765. The second-order valence-electron chi connectivity index (χ2n) is 6.10. The smallest absolute Gasteiger partial charge is 0.362 e. The highest BCUT2D eigenvalue weighted by molar-refractivity contribution is 5.89. The van der Waals surface area contributed by atoms with Crippen molar-refractivity contribution >= 4 is 11.9 Å². The normalized spacial score (nSPS) is 11.4. The minimum Gasteiger partial charge on any atom is -0.465 e. The molecule has 0 aromatic carbocycles. The molecule has 0 saturated carbocycles. The summed E-state index contributed by atoms with van der Waals surface area (Å²) in [7, 11) is 3.67. The molecule has 0 aliphatic rings. The minimum absolute atomic E-state index is 0.114. The molecule has 0 unspecified atom stereocenters. The summed E-state index contributed by atoms with van der Waals surface area (Å²) < 4.78 is 10.5. The summed E-state index contributed by atoms with van der Waals surface area (Å²) in [5, 5.41) is 0. The van der Waals surface area contributed by atoms with Crippen molar-refractivity contribution in [2.24, 2.45) is 0 Å². The van der Waals surface area contributed by atoms with Gasteiger partial charge in [0, 0.05) is 0 Å². The number of hydrogen-bond acceptors (Lipinski definition) is 4. The molecule has 0 fully saturated rings. The van der Waals surface area contributed by atoms with Crippen LogP contribution in [0.4, 0.5) is 0 Å². The van der Waals surface area contributed by atoms with Gasteiger partial charge in [0.2, 0.25) is 0 Å². The first-order valence-electron chi connectivity index (χ1n) is 6.24. The molecule has 0 spiro atoms. The number of nitrogens with zero attached hydrogens (tertiary/aromatic N) is 2. The lowest BCUT2D eigenvalue weighted by molar-refractivity contribution is -0.883. The Bertz CT molecular complexity index is 427. The largest absolute Gasteiger partial charge is 0.465 e. The summed E-state index contributed by atoms with van der Waals surface area (Å²) in [6.07, 6.45) is 0. The fourth-order valence-corrected chi connectivity index (χ4v) is 1.32. The van der Waals surface area contributed by atoms with Gasteiger partial charge in [-0.3, -0.25) is 4.79 Å². The summed E-state index contributed by atoms with van der Waals surface area (Å²) in [5.74, 6) is -1.03. The van der Waals surface area contributed by atoms with Crippen LogP contribution in [0.2, 0.25) is 0 Å². The Morgan fingerprint density at radius 3 is 2.30 bits per heavy atom. The van der Waals surface area contributed by atoms with Gasteiger partial charge in [0.1, 0.15) is 18.8 Å². The number of carbonyl (C=O) groups is 2. The number of carbonyl (C=O) groups excluding carboxylic acids is 2. The maximum atomic E-state index is 11.7. The molecule has 0 rings (SSSR count). The molecular formula is C14H23N2O4+. The summed E-state index contributed by atoms with van der Waals surface area (Å²) in [6.45, 7) is 16.1. The molecule has 112 valence electrons. The topological polar surface area (TPSA) is 57.0 Å². The van der Waals surface area contributed by atoms with Gasteiger partial charge in [0.15, 0.2) is 6.54 Å². The third-order valence-electron chi connectivity index (χ3n) is 2.28. The van der Waals surface area contributed by atoms with Crippen LogP contribution in [0, 0.1) is 6.57 Å². The zero-order chi connectivity index (χ0) is 16.0. The number of likely N-dealkylation sites (N-methyl/N-ethyl adjacent to an activating group) is 1. The number of ether oxygens (including phenoxy) is 2. The van der Waals surface area contributed by atoms with Crippen molar-refractivity contribution in [3.63, 3.8) is 0 Å². The van der Waals surface area contributed by atoms with E-state index in [4.69, 9.17) is 16.0 Å². The number of quaternary nitrogens is 1. The van der Waals surface area contributed by atoms with E-state index in [-0.39, 0.29) is 24.8 Å². The molecule has 6 nitrogen and oxygen atoms in total. The molecule has 0 bridgehead atoms. The fraction of sp³-hybridized carbons (Fsp3) is 0.643. The van der Waals surface area contributed by atoms with Gasteiger partial charge < -0.3 is 14.0 Å². The third-order valence-corrected chi connectivity index (χ3v) is 2.28. The molecule has 0 heterocycles. The average molecular weight is 283 g/mol. The van der Waals surface area contributed by atoms with Gasteiger partial charge in [-0.2, -0.15) is 0 Å². The predicted molar refractivity (Wildman–Crippen MR) is 74.4 cm³/mol. The van der Waals surface area contributed by atoms with E-state index in [0.717, 1.165) is 0 Å². The second kappa shape index (κ2) is 7.06. The van der Waals surface area contributed by atoms with E-state index in [0.29, 0.717) is 11.0 Å². The Morgan fingerprint density at radius 1 is 1.30 bits per heavy atom. The Labute approximate surface area is 120 Å². The molecule has 20 heavy (non-hydrogen) atoms. The Hall–Kier alpha value is -1.87. The van der Waals surface area contributed by atoms with Gasteiger partial charge in [-0.1, -0.05) is 6.58 Å². The Balaban J connectivity index is 4.21. The van der Waals surface area contributed by atoms with Crippen LogP contribution in [-0.4, -0.2) is 55.8 Å². The van der Waals surface area contributed by atoms with E-state index >= 15 is 0 Å². The second-order valence-corrected chi connectivity index (χ2v) is 6.10. The van der Waals surface area contributed by atoms with Gasteiger partial charge in [0.25, 0.3) is 5.70 Å². The van der Waals surface area contributed by atoms with Gasteiger partial charge >= 0.3 is 11.9 Å². The number of rotatable bonds is 6. The summed E-state index contributed by atoms with van der Waals surface area (Å²) in [4.78, 5) is 25.9. The zero-order valence-corrected chi connectivity index (χ0v) is 12.9. The van der Waals surface area contributed by atoms with E-state index in [1.54, 1.807) is 0 Å². The van der Waals surface area contributed by atoms with E-state index < -0.39 is 11.6 Å². The van der Waals surface area contributed by atoms with Crippen molar-refractivity contribution in [3.8, 4) is 0 Å². The highest BCUT2D eigenvalue weighted by Gasteiger charge is 2.25. The van der Waals surface area contributed by atoms with Crippen molar-refractivity contribution in [1.29, 1.82) is 0 Å². The van der Waals surface area contributed by atoms with E-state index in [1.165, 1.54) is 0 Å². The van der Waals surface area contributed by atoms with Crippen molar-refractivity contribution in [1.82, 2.24) is 0 Å². The zero-order valence-electron chi connectivity index (χ0n) is 12.9. The van der Waals surface area contributed by atoms with E-state index in [9.17, 15) is 9.59 Å². The highest BCUT2D eigenvalue weighted by atomic mass is 16.6. The van der Waals surface area contributed by atoms with Crippen molar-refractivity contribution in [2.75, 3.05) is 33.8 Å². The first kappa shape index (κ1) is 18.1. The van der Waals surface area contributed by atoms with Crippen molar-refractivity contribution < 1.29 is 23.5 Å². The average Bonchev–Trinajstić information content (AvgIpc) is 2.23. The standard InChI is InChI=1S/C14H23N2O4/c1-11(15-5)13(18)19-9-8-16(6,7)10-12(17)20-14(2,3)4/h1,8-10H2,2-4,6-7H3/q+1. The van der Waals surface area contributed by atoms with Gasteiger partial charge in [-0.25, -0.2) is 9.64 Å². The maximum Gasteiger partial charge on any atom is 0.362 e. The number of hydrogen-bond donors (Lipinski definition) is 0. The quantitative estimate of drug-likeness (QED) is 0.320. The molecule has 0 aliphatic heterocycles. The molecule has 0 aromatic heterocycles. The van der Waals surface area contributed by atoms with Crippen molar-refractivity contribution in [3.05, 3.63) is 23.7 Å². The fourth-order valence-electron chi connectivity index (χ4n) is 1.32. The third kappa shape index (κ3) is 8.27. The molecule has 0 N–H and O–H groups in total. The van der Waals surface area contributed by atoms with Crippen LogP contribution in [-0.2, 0) is 19.1 Å². The molecule has 0 saturated heterocycles. The summed E-state index contributed by atoms with van der Waals surface area (Å²) >= 11 is 0. The highest BCUT2D eigenvalue weighted by Crippen LogP contribution is 2.09. The summed E-state index contributed by atoms with van der Waals surface area (Å²) in [6, 6.07) is 0.